The minimum atomic E-state index is -3.43. The molecule has 0 heterocycles. The molecule has 6 nitrogen and oxygen atoms in total. The molecule has 0 fully saturated rings. The van der Waals surface area contributed by atoms with E-state index in [-0.39, 0.29) is 23.6 Å². The van der Waals surface area contributed by atoms with Crippen LogP contribution < -0.4 is 4.72 Å². The normalized spacial score (nSPS) is 19.0. The van der Waals surface area contributed by atoms with Crippen LogP contribution in [0.2, 0.25) is 5.02 Å². The number of halogens is 2. The van der Waals surface area contributed by atoms with Crippen molar-refractivity contribution < 1.29 is 27.1 Å². The number of carbonyl (C=O) groups is 2. The number of hydrogen-bond acceptors (Lipinski definition) is 5. The van der Waals surface area contributed by atoms with E-state index in [9.17, 15) is 22.4 Å². The van der Waals surface area contributed by atoms with Crippen molar-refractivity contribution in [3.05, 3.63) is 70.5 Å². The highest BCUT2D eigenvalue weighted by molar-refractivity contribution is 7.92. The molecule has 164 valence electrons. The SMILES string of the molecule is CCOC(=O)[C@H]1C(=O)C=C(c2ccc(NS(C)(=O)=O)cc2)C[C@H]1c1c(F)cccc1Cl. The smallest absolute Gasteiger partial charge is 0.317 e. The number of hydrogen-bond donors (Lipinski definition) is 1. The van der Waals surface area contributed by atoms with Crippen LogP contribution in [-0.4, -0.2) is 33.0 Å². The summed E-state index contributed by atoms with van der Waals surface area (Å²) >= 11 is 6.25. The Bertz CT molecular complexity index is 1120. The molecule has 1 aliphatic rings. The van der Waals surface area contributed by atoms with E-state index in [1.54, 1.807) is 31.2 Å². The van der Waals surface area contributed by atoms with Gasteiger partial charge in [0, 0.05) is 22.2 Å². The number of carbonyl (C=O) groups excluding carboxylic acids is 2. The zero-order valence-corrected chi connectivity index (χ0v) is 18.5. The molecule has 0 aliphatic heterocycles. The van der Waals surface area contributed by atoms with Crippen molar-refractivity contribution in [2.75, 3.05) is 17.6 Å². The van der Waals surface area contributed by atoms with Crippen molar-refractivity contribution in [3.63, 3.8) is 0 Å². The molecule has 0 spiro atoms. The van der Waals surface area contributed by atoms with E-state index < -0.39 is 39.4 Å². The Morgan fingerprint density at radius 3 is 2.48 bits per heavy atom. The van der Waals surface area contributed by atoms with Crippen LogP contribution in [0.3, 0.4) is 0 Å². The Balaban J connectivity index is 2.02. The first-order chi connectivity index (χ1) is 14.6. The van der Waals surface area contributed by atoms with Gasteiger partial charge in [0.25, 0.3) is 0 Å². The topological polar surface area (TPSA) is 89.5 Å². The summed E-state index contributed by atoms with van der Waals surface area (Å²) in [7, 11) is -3.43. The van der Waals surface area contributed by atoms with Crippen LogP contribution in [0, 0.1) is 11.7 Å². The van der Waals surface area contributed by atoms with E-state index in [0.717, 1.165) is 6.26 Å². The maximum absolute atomic E-state index is 14.7. The first kappa shape index (κ1) is 23.0. The minimum Gasteiger partial charge on any atom is -0.465 e. The van der Waals surface area contributed by atoms with Gasteiger partial charge in [-0.05, 0) is 54.8 Å². The number of ether oxygens (including phenoxy) is 1. The lowest BCUT2D eigenvalue weighted by molar-refractivity contribution is -0.151. The largest absolute Gasteiger partial charge is 0.465 e. The fourth-order valence-electron chi connectivity index (χ4n) is 3.69. The first-order valence-corrected chi connectivity index (χ1v) is 11.8. The summed E-state index contributed by atoms with van der Waals surface area (Å²) < 4.78 is 44.9. The fourth-order valence-corrected chi connectivity index (χ4v) is 4.55. The Kier molecular flexibility index (Phi) is 6.81. The lowest BCUT2D eigenvalue weighted by Crippen LogP contribution is -2.34. The predicted octanol–water partition coefficient (Wildman–Crippen LogP) is 4.17. The van der Waals surface area contributed by atoms with E-state index in [0.29, 0.717) is 16.8 Å². The van der Waals surface area contributed by atoms with Crippen LogP contribution in [-0.2, 0) is 24.3 Å². The highest BCUT2D eigenvalue weighted by atomic mass is 35.5. The van der Waals surface area contributed by atoms with Crippen molar-refractivity contribution >= 4 is 44.6 Å². The molecule has 1 N–H and O–H groups in total. The van der Waals surface area contributed by atoms with Gasteiger partial charge in [-0.15, -0.1) is 0 Å². The molecule has 0 aromatic heterocycles. The Labute approximate surface area is 185 Å². The van der Waals surface area contributed by atoms with Crippen molar-refractivity contribution in [2.24, 2.45) is 5.92 Å². The lowest BCUT2D eigenvalue weighted by atomic mass is 9.73. The first-order valence-electron chi connectivity index (χ1n) is 9.54. The van der Waals surface area contributed by atoms with E-state index in [1.165, 1.54) is 24.3 Å². The maximum atomic E-state index is 14.7. The maximum Gasteiger partial charge on any atom is 0.317 e. The predicted molar refractivity (Wildman–Crippen MR) is 117 cm³/mol. The van der Waals surface area contributed by atoms with Gasteiger partial charge in [0.1, 0.15) is 11.7 Å². The average molecular weight is 466 g/mol. The monoisotopic (exact) mass is 465 g/mol. The zero-order valence-electron chi connectivity index (χ0n) is 16.9. The molecule has 0 saturated carbocycles. The van der Waals surface area contributed by atoms with Gasteiger partial charge in [-0.2, -0.15) is 0 Å². The van der Waals surface area contributed by atoms with Gasteiger partial charge in [0.05, 0.1) is 12.9 Å². The summed E-state index contributed by atoms with van der Waals surface area (Å²) in [6, 6.07) is 10.6. The standard InChI is InChI=1S/C22H21ClFNO5S/c1-3-30-22(27)21-16(20-17(23)5-4-6-18(20)24)11-14(12-19(21)26)13-7-9-15(10-8-13)25-31(2,28)29/h4-10,12,16,21,25H,3,11H2,1-2H3/t16-,21+/m0/s1. The number of ketones is 1. The number of anilines is 1. The van der Waals surface area contributed by atoms with Crippen LogP contribution in [0.15, 0.2) is 48.5 Å². The second kappa shape index (κ2) is 9.20. The highest BCUT2D eigenvalue weighted by Gasteiger charge is 2.41. The molecular weight excluding hydrogens is 445 g/mol. The quantitative estimate of drug-likeness (QED) is 0.511. The van der Waals surface area contributed by atoms with E-state index in [1.807, 2.05) is 0 Å². The summed E-state index contributed by atoms with van der Waals surface area (Å²) in [5.74, 6) is -3.87. The molecule has 9 heteroatoms. The zero-order chi connectivity index (χ0) is 22.8. The van der Waals surface area contributed by atoms with Gasteiger partial charge >= 0.3 is 5.97 Å². The van der Waals surface area contributed by atoms with Crippen LogP contribution >= 0.6 is 11.6 Å². The van der Waals surface area contributed by atoms with Gasteiger partial charge < -0.3 is 4.74 Å². The van der Waals surface area contributed by atoms with Crippen LogP contribution in [0.25, 0.3) is 5.57 Å². The van der Waals surface area contributed by atoms with Crippen molar-refractivity contribution in [1.82, 2.24) is 0 Å². The summed E-state index contributed by atoms with van der Waals surface area (Å²) in [6.45, 7) is 1.72. The van der Waals surface area contributed by atoms with E-state index >= 15 is 0 Å². The van der Waals surface area contributed by atoms with Crippen LogP contribution in [0.5, 0.6) is 0 Å². The van der Waals surface area contributed by atoms with Crippen molar-refractivity contribution in [3.8, 4) is 0 Å². The van der Waals surface area contributed by atoms with Crippen LogP contribution in [0.4, 0.5) is 10.1 Å². The summed E-state index contributed by atoms with van der Waals surface area (Å²) in [5, 5.41) is 0.126. The van der Waals surface area contributed by atoms with Gasteiger partial charge in [-0.25, -0.2) is 12.8 Å². The fraction of sp³-hybridized carbons (Fsp3) is 0.273. The van der Waals surface area contributed by atoms with Crippen molar-refractivity contribution in [2.45, 2.75) is 19.3 Å². The third-order valence-electron chi connectivity index (χ3n) is 4.94. The lowest BCUT2D eigenvalue weighted by Gasteiger charge is -2.30. The molecule has 2 aromatic carbocycles. The summed E-state index contributed by atoms with van der Waals surface area (Å²) in [4.78, 5) is 25.5. The molecule has 2 aromatic rings. The number of rotatable bonds is 6. The summed E-state index contributed by atoms with van der Waals surface area (Å²) in [5.41, 5.74) is 1.69. The molecule has 0 amide bonds. The van der Waals surface area contributed by atoms with Gasteiger partial charge in [-0.3, -0.25) is 14.3 Å². The second-order valence-corrected chi connectivity index (χ2v) is 9.35. The Hall–Kier alpha value is -2.71. The molecule has 0 saturated heterocycles. The number of benzene rings is 2. The molecule has 1 aliphatic carbocycles. The molecule has 0 bridgehead atoms. The Morgan fingerprint density at radius 1 is 1.23 bits per heavy atom. The van der Waals surface area contributed by atoms with E-state index in [4.69, 9.17) is 16.3 Å². The third-order valence-corrected chi connectivity index (χ3v) is 5.87. The minimum absolute atomic E-state index is 0.0890. The Morgan fingerprint density at radius 2 is 1.90 bits per heavy atom. The number of esters is 1. The molecule has 2 atom stereocenters. The molecule has 31 heavy (non-hydrogen) atoms. The molecule has 3 rings (SSSR count). The summed E-state index contributed by atoms with van der Waals surface area (Å²) in [6.07, 6.45) is 2.57. The number of nitrogens with one attached hydrogen (secondary N) is 1. The average Bonchev–Trinajstić information content (AvgIpc) is 2.67. The highest BCUT2D eigenvalue weighted by Crippen LogP contribution is 2.43. The number of sulfonamides is 1. The van der Waals surface area contributed by atoms with Crippen LogP contribution in [0.1, 0.15) is 30.4 Å². The molecular formula is C22H21ClFNO5S. The van der Waals surface area contributed by atoms with Crippen molar-refractivity contribution in [1.29, 1.82) is 0 Å². The van der Waals surface area contributed by atoms with Gasteiger partial charge in [0.2, 0.25) is 10.0 Å². The second-order valence-electron chi connectivity index (χ2n) is 7.20. The van der Waals surface area contributed by atoms with Gasteiger partial charge in [-0.1, -0.05) is 29.8 Å². The molecule has 0 unspecified atom stereocenters. The van der Waals surface area contributed by atoms with E-state index in [2.05, 4.69) is 4.72 Å². The third kappa shape index (κ3) is 5.32. The molecule has 0 radical (unpaired) electrons. The van der Waals surface area contributed by atoms with Gasteiger partial charge in [0.15, 0.2) is 5.78 Å². The number of allylic oxidation sites excluding steroid dienone is 2.